The lowest BCUT2D eigenvalue weighted by atomic mass is 10.0. The van der Waals surface area contributed by atoms with Crippen molar-refractivity contribution >= 4 is 0 Å². The highest BCUT2D eigenvalue weighted by Crippen LogP contribution is 2.27. The lowest BCUT2D eigenvalue weighted by molar-refractivity contribution is 0.411. The molecule has 0 radical (unpaired) electrons. The fourth-order valence-electron chi connectivity index (χ4n) is 1.82. The van der Waals surface area contributed by atoms with Crippen molar-refractivity contribution in [3.63, 3.8) is 0 Å². The van der Waals surface area contributed by atoms with Crippen molar-refractivity contribution in [2.24, 2.45) is 5.73 Å². The summed E-state index contributed by atoms with van der Waals surface area (Å²) in [5, 5.41) is 0. The topological polar surface area (TPSA) is 35.2 Å². The van der Waals surface area contributed by atoms with E-state index in [1.165, 1.54) is 13.2 Å². The van der Waals surface area contributed by atoms with Crippen molar-refractivity contribution in [2.45, 2.75) is 13.0 Å². The van der Waals surface area contributed by atoms with Crippen LogP contribution in [0.5, 0.6) is 5.75 Å². The first-order valence-corrected chi connectivity index (χ1v) is 5.81. The second kappa shape index (κ2) is 5.19. The molecule has 0 saturated heterocycles. The predicted molar refractivity (Wildman–Crippen MR) is 71.0 cm³/mol. The Morgan fingerprint density at radius 3 is 2.28 bits per heavy atom. The minimum absolute atomic E-state index is 0.0141. The highest BCUT2D eigenvalue weighted by atomic mass is 19.1. The zero-order chi connectivity index (χ0) is 13.1. The van der Waals surface area contributed by atoms with E-state index in [-0.39, 0.29) is 11.9 Å². The molecule has 0 aromatic heterocycles. The molecule has 0 aliphatic heterocycles. The summed E-state index contributed by atoms with van der Waals surface area (Å²) in [6.45, 7) is 1.92. The standard InChI is InChI=1S/C15H16FNO/c1-10(17)11-3-5-12(6-4-11)14-8-7-13(18-2)9-15(14)16/h3-10H,17H2,1-2H3. The van der Waals surface area contributed by atoms with E-state index in [1.54, 1.807) is 12.1 Å². The minimum Gasteiger partial charge on any atom is -0.497 e. The highest BCUT2D eigenvalue weighted by Gasteiger charge is 2.07. The Bertz CT molecular complexity index is 535. The van der Waals surface area contributed by atoms with E-state index in [0.29, 0.717) is 11.3 Å². The van der Waals surface area contributed by atoms with Gasteiger partial charge in [-0.3, -0.25) is 0 Å². The Balaban J connectivity index is 2.36. The molecular weight excluding hydrogens is 229 g/mol. The van der Waals surface area contributed by atoms with Crippen molar-refractivity contribution < 1.29 is 9.13 Å². The number of rotatable bonds is 3. The molecule has 2 rings (SSSR count). The molecule has 1 atom stereocenters. The Kier molecular flexibility index (Phi) is 3.63. The summed E-state index contributed by atoms with van der Waals surface area (Å²) < 4.78 is 18.9. The zero-order valence-corrected chi connectivity index (χ0v) is 10.5. The number of hydrogen-bond donors (Lipinski definition) is 1. The Hall–Kier alpha value is -1.87. The molecule has 0 fully saturated rings. The fraction of sp³-hybridized carbons (Fsp3) is 0.200. The van der Waals surface area contributed by atoms with Gasteiger partial charge in [0.1, 0.15) is 11.6 Å². The maximum absolute atomic E-state index is 13.9. The zero-order valence-electron chi connectivity index (χ0n) is 10.5. The van der Waals surface area contributed by atoms with Gasteiger partial charge in [-0.2, -0.15) is 0 Å². The molecule has 2 N–H and O–H groups in total. The molecule has 18 heavy (non-hydrogen) atoms. The van der Waals surface area contributed by atoms with Crippen LogP contribution in [0.15, 0.2) is 42.5 Å². The molecule has 1 unspecified atom stereocenters. The second-order valence-electron chi connectivity index (χ2n) is 4.26. The van der Waals surface area contributed by atoms with Gasteiger partial charge in [0.2, 0.25) is 0 Å². The van der Waals surface area contributed by atoms with Crippen molar-refractivity contribution in [2.75, 3.05) is 7.11 Å². The first kappa shape index (κ1) is 12.6. The first-order chi connectivity index (χ1) is 8.61. The van der Waals surface area contributed by atoms with Gasteiger partial charge >= 0.3 is 0 Å². The molecule has 3 heteroatoms. The van der Waals surface area contributed by atoms with Gasteiger partial charge in [0, 0.05) is 17.7 Å². The maximum Gasteiger partial charge on any atom is 0.134 e. The van der Waals surface area contributed by atoms with Gasteiger partial charge in [-0.25, -0.2) is 4.39 Å². The quantitative estimate of drug-likeness (QED) is 0.898. The summed E-state index contributed by atoms with van der Waals surface area (Å²) in [5.74, 6) is 0.228. The smallest absolute Gasteiger partial charge is 0.134 e. The molecule has 2 aromatic rings. The molecule has 0 spiro atoms. The fourth-order valence-corrected chi connectivity index (χ4v) is 1.82. The number of methoxy groups -OCH3 is 1. The van der Waals surface area contributed by atoms with Crippen molar-refractivity contribution in [1.82, 2.24) is 0 Å². The van der Waals surface area contributed by atoms with E-state index in [4.69, 9.17) is 10.5 Å². The summed E-state index contributed by atoms with van der Waals surface area (Å²) in [4.78, 5) is 0. The average molecular weight is 245 g/mol. The maximum atomic E-state index is 13.9. The monoisotopic (exact) mass is 245 g/mol. The molecule has 2 aromatic carbocycles. The molecule has 0 amide bonds. The summed E-state index contributed by atoms with van der Waals surface area (Å²) in [7, 11) is 1.52. The van der Waals surface area contributed by atoms with Gasteiger partial charge in [-0.05, 0) is 30.2 Å². The van der Waals surface area contributed by atoms with Crippen LogP contribution in [0.25, 0.3) is 11.1 Å². The van der Waals surface area contributed by atoms with E-state index < -0.39 is 0 Å². The molecule has 0 aliphatic rings. The van der Waals surface area contributed by atoms with Crippen LogP contribution in [-0.2, 0) is 0 Å². The van der Waals surface area contributed by atoms with Crippen LogP contribution in [0.1, 0.15) is 18.5 Å². The van der Waals surface area contributed by atoms with Crippen molar-refractivity contribution in [3.8, 4) is 16.9 Å². The third-order valence-corrected chi connectivity index (χ3v) is 2.92. The van der Waals surface area contributed by atoms with Gasteiger partial charge in [-0.1, -0.05) is 24.3 Å². The van der Waals surface area contributed by atoms with Gasteiger partial charge in [-0.15, -0.1) is 0 Å². The number of benzene rings is 2. The van der Waals surface area contributed by atoms with Crippen LogP contribution in [-0.4, -0.2) is 7.11 Å². The predicted octanol–water partition coefficient (Wildman–Crippen LogP) is 3.52. The largest absolute Gasteiger partial charge is 0.497 e. The van der Waals surface area contributed by atoms with E-state index >= 15 is 0 Å². The SMILES string of the molecule is COc1ccc(-c2ccc(C(C)N)cc2)c(F)c1. The third-order valence-electron chi connectivity index (χ3n) is 2.92. The molecule has 0 heterocycles. The highest BCUT2D eigenvalue weighted by molar-refractivity contribution is 5.65. The van der Waals surface area contributed by atoms with Crippen LogP contribution >= 0.6 is 0 Å². The molecule has 94 valence electrons. The van der Waals surface area contributed by atoms with Crippen molar-refractivity contribution in [3.05, 3.63) is 53.8 Å². The van der Waals surface area contributed by atoms with Gasteiger partial charge in [0.25, 0.3) is 0 Å². The van der Waals surface area contributed by atoms with Crippen LogP contribution in [0.4, 0.5) is 4.39 Å². The Morgan fingerprint density at radius 1 is 1.11 bits per heavy atom. The summed E-state index contributed by atoms with van der Waals surface area (Å²) in [6.07, 6.45) is 0. The second-order valence-corrected chi connectivity index (χ2v) is 4.26. The van der Waals surface area contributed by atoms with Gasteiger partial charge in [0.05, 0.1) is 7.11 Å². The number of nitrogens with two attached hydrogens (primary N) is 1. The molecule has 0 bridgehead atoms. The Labute approximate surface area is 106 Å². The van der Waals surface area contributed by atoms with Crippen LogP contribution < -0.4 is 10.5 Å². The van der Waals surface area contributed by atoms with E-state index in [0.717, 1.165) is 11.1 Å². The summed E-state index contributed by atoms with van der Waals surface area (Å²) >= 11 is 0. The molecule has 2 nitrogen and oxygen atoms in total. The minimum atomic E-state index is -0.289. The number of hydrogen-bond acceptors (Lipinski definition) is 2. The average Bonchev–Trinajstić information content (AvgIpc) is 2.38. The first-order valence-electron chi connectivity index (χ1n) is 5.81. The van der Waals surface area contributed by atoms with E-state index in [2.05, 4.69) is 0 Å². The van der Waals surface area contributed by atoms with Crippen LogP contribution in [0.2, 0.25) is 0 Å². The normalized spacial score (nSPS) is 12.2. The lowest BCUT2D eigenvalue weighted by Crippen LogP contribution is -2.04. The third kappa shape index (κ3) is 2.51. The van der Waals surface area contributed by atoms with Crippen LogP contribution in [0.3, 0.4) is 0 Å². The molecule has 0 saturated carbocycles. The number of halogens is 1. The number of ether oxygens (including phenoxy) is 1. The van der Waals surface area contributed by atoms with E-state index in [1.807, 2.05) is 31.2 Å². The lowest BCUT2D eigenvalue weighted by Gasteiger charge is -2.09. The van der Waals surface area contributed by atoms with Crippen LogP contribution in [0, 0.1) is 5.82 Å². The molecule has 0 aliphatic carbocycles. The summed E-state index contributed by atoms with van der Waals surface area (Å²) in [6, 6.07) is 12.4. The van der Waals surface area contributed by atoms with Crippen molar-refractivity contribution in [1.29, 1.82) is 0 Å². The van der Waals surface area contributed by atoms with Gasteiger partial charge < -0.3 is 10.5 Å². The Morgan fingerprint density at radius 2 is 1.78 bits per heavy atom. The van der Waals surface area contributed by atoms with Gasteiger partial charge in [0.15, 0.2) is 0 Å². The molecular formula is C15H16FNO. The summed E-state index contributed by atoms with van der Waals surface area (Å²) in [5.41, 5.74) is 8.21. The van der Waals surface area contributed by atoms with E-state index in [9.17, 15) is 4.39 Å².